The van der Waals surface area contributed by atoms with Gasteiger partial charge in [0.25, 0.3) is 0 Å². The molecule has 0 aromatic carbocycles. The minimum absolute atomic E-state index is 0.0186. The van der Waals surface area contributed by atoms with Crippen LogP contribution in [0, 0.1) is 50.2 Å². The topological polar surface area (TPSA) is 85.4 Å². The maximum absolute atomic E-state index is 13.0. The molecule has 1 N–H and O–H groups in total. The standard InChI is InChI=1S/C37H60O6/c1-30(2,29(39)40)21-28(38)42-27-15-18-35(9)24(32(27,5)6)12-19-36-22-33(7)16-11-23-31(3,4)26(41-10)14-17-34(23,8)25(33)13-20-37(35,36)43-36/h23-27H,11-22H2,1-10H3,(H,39,40)/t23-,24-,25-,26+,27+,33-,34-,35-,36+,37+/m0/s1. The number of methoxy groups -OCH3 is 1. The van der Waals surface area contributed by atoms with Crippen molar-refractivity contribution in [2.75, 3.05) is 7.11 Å². The fraction of sp³-hybridized carbons (Fsp3) is 0.946. The molecular formula is C37H60O6. The Morgan fingerprint density at radius 3 is 2.05 bits per heavy atom. The molecule has 6 rings (SSSR count). The molecule has 6 aliphatic rings. The van der Waals surface area contributed by atoms with Crippen LogP contribution in [0.25, 0.3) is 0 Å². The first kappa shape index (κ1) is 31.8. The van der Waals surface area contributed by atoms with Gasteiger partial charge in [-0.3, -0.25) is 9.59 Å². The number of carbonyl (C=O) groups excluding carboxylic acids is 1. The fourth-order valence-corrected chi connectivity index (χ4v) is 13.4. The minimum Gasteiger partial charge on any atom is -0.481 e. The summed E-state index contributed by atoms with van der Waals surface area (Å²) in [6.45, 7) is 20.5. The van der Waals surface area contributed by atoms with Gasteiger partial charge in [-0.15, -0.1) is 0 Å². The Kier molecular flexibility index (Phi) is 7.00. The second-order valence-corrected chi connectivity index (χ2v) is 18.7. The van der Waals surface area contributed by atoms with Crippen LogP contribution in [-0.2, 0) is 23.8 Å². The van der Waals surface area contributed by atoms with E-state index in [9.17, 15) is 14.7 Å². The van der Waals surface area contributed by atoms with Crippen LogP contribution >= 0.6 is 0 Å². The molecule has 0 spiro atoms. The smallest absolute Gasteiger partial charge is 0.309 e. The van der Waals surface area contributed by atoms with Gasteiger partial charge in [0.15, 0.2) is 0 Å². The summed E-state index contributed by atoms with van der Waals surface area (Å²) in [6, 6.07) is 0. The maximum atomic E-state index is 13.0. The first-order chi connectivity index (χ1) is 19.7. The summed E-state index contributed by atoms with van der Waals surface area (Å²) in [4.78, 5) is 24.6. The zero-order valence-electron chi connectivity index (χ0n) is 28.9. The average molecular weight is 601 g/mol. The summed E-state index contributed by atoms with van der Waals surface area (Å²) < 4.78 is 19.4. The second kappa shape index (κ2) is 9.46. The number of rotatable bonds is 5. The Balaban J connectivity index is 1.26. The Morgan fingerprint density at radius 1 is 0.791 bits per heavy atom. The van der Waals surface area contributed by atoms with Gasteiger partial charge in [-0.2, -0.15) is 0 Å². The minimum atomic E-state index is -1.13. The van der Waals surface area contributed by atoms with Gasteiger partial charge in [-0.25, -0.2) is 0 Å². The molecule has 10 atom stereocenters. The number of aliphatic carboxylic acids is 1. The third kappa shape index (κ3) is 4.16. The number of fused-ring (bicyclic) bond motifs is 4. The van der Waals surface area contributed by atoms with Crippen molar-refractivity contribution < 1.29 is 28.9 Å². The number of hydrogen-bond donors (Lipinski definition) is 1. The molecule has 1 aliphatic heterocycles. The molecule has 244 valence electrons. The van der Waals surface area contributed by atoms with Crippen LogP contribution in [0.15, 0.2) is 0 Å². The lowest BCUT2D eigenvalue weighted by molar-refractivity contribution is -0.184. The number of ether oxygens (including phenoxy) is 3. The lowest BCUT2D eigenvalue weighted by atomic mass is 9.41. The first-order valence-electron chi connectivity index (χ1n) is 17.4. The molecule has 0 bridgehead atoms. The molecule has 5 aliphatic carbocycles. The number of hydrogen-bond acceptors (Lipinski definition) is 5. The first-order valence-corrected chi connectivity index (χ1v) is 17.4. The van der Waals surface area contributed by atoms with Gasteiger partial charge in [-0.05, 0) is 118 Å². The van der Waals surface area contributed by atoms with Crippen LogP contribution < -0.4 is 0 Å². The van der Waals surface area contributed by atoms with E-state index in [4.69, 9.17) is 14.2 Å². The van der Waals surface area contributed by atoms with Crippen molar-refractivity contribution in [3.63, 3.8) is 0 Å². The van der Waals surface area contributed by atoms with E-state index >= 15 is 0 Å². The van der Waals surface area contributed by atoms with Crippen LogP contribution in [-0.4, -0.2) is 47.6 Å². The number of epoxide rings is 1. The molecule has 6 nitrogen and oxygen atoms in total. The van der Waals surface area contributed by atoms with Gasteiger partial charge in [0, 0.05) is 17.9 Å². The molecule has 1 heterocycles. The van der Waals surface area contributed by atoms with Gasteiger partial charge in [0.2, 0.25) is 0 Å². The molecule has 5 saturated carbocycles. The summed E-state index contributed by atoms with van der Waals surface area (Å²) >= 11 is 0. The van der Waals surface area contributed by atoms with Gasteiger partial charge in [0.05, 0.1) is 23.5 Å². The average Bonchev–Trinajstić information content (AvgIpc) is 3.55. The van der Waals surface area contributed by atoms with Gasteiger partial charge < -0.3 is 19.3 Å². The van der Waals surface area contributed by atoms with E-state index in [1.165, 1.54) is 32.1 Å². The van der Waals surface area contributed by atoms with Crippen molar-refractivity contribution in [2.45, 2.75) is 163 Å². The van der Waals surface area contributed by atoms with Crippen molar-refractivity contribution in [3.05, 3.63) is 0 Å². The summed E-state index contributed by atoms with van der Waals surface area (Å²) in [5.74, 6) is 0.417. The van der Waals surface area contributed by atoms with Gasteiger partial charge >= 0.3 is 11.9 Å². The fourth-order valence-electron chi connectivity index (χ4n) is 13.4. The van der Waals surface area contributed by atoms with E-state index in [0.29, 0.717) is 34.7 Å². The van der Waals surface area contributed by atoms with Crippen LogP contribution in [0.1, 0.15) is 139 Å². The largest absolute Gasteiger partial charge is 0.481 e. The van der Waals surface area contributed by atoms with Crippen molar-refractivity contribution in [3.8, 4) is 0 Å². The van der Waals surface area contributed by atoms with Gasteiger partial charge in [-0.1, -0.05) is 48.5 Å². The van der Waals surface area contributed by atoms with Crippen molar-refractivity contribution in [2.24, 2.45) is 50.2 Å². The van der Waals surface area contributed by atoms with E-state index in [1.807, 2.05) is 7.11 Å². The molecule has 0 aromatic heterocycles. The molecule has 0 aromatic rings. The van der Waals surface area contributed by atoms with Crippen LogP contribution in [0.5, 0.6) is 0 Å². The molecule has 1 saturated heterocycles. The van der Waals surface area contributed by atoms with Crippen molar-refractivity contribution in [1.29, 1.82) is 0 Å². The highest BCUT2D eigenvalue weighted by Gasteiger charge is 2.83. The van der Waals surface area contributed by atoms with Gasteiger partial charge in [0.1, 0.15) is 11.7 Å². The van der Waals surface area contributed by atoms with E-state index in [1.54, 1.807) is 13.8 Å². The predicted molar refractivity (Wildman–Crippen MR) is 166 cm³/mol. The van der Waals surface area contributed by atoms with Crippen LogP contribution in [0.4, 0.5) is 0 Å². The number of esters is 1. The van der Waals surface area contributed by atoms with E-state index in [-0.39, 0.29) is 45.9 Å². The quantitative estimate of drug-likeness (QED) is 0.253. The lowest BCUT2D eigenvalue weighted by Crippen LogP contribution is -2.60. The Labute approximate surface area is 260 Å². The summed E-state index contributed by atoms with van der Waals surface area (Å²) in [5.41, 5.74) is -0.594. The van der Waals surface area contributed by atoms with Crippen LogP contribution in [0.2, 0.25) is 0 Å². The molecule has 0 amide bonds. The van der Waals surface area contributed by atoms with Crippen molar-refractivity contribution >= 4 is 11.9 Å². The molecular weight excluding hydrogens is 540 g/mol. The highest BCUT2D eigenvalue weighted by Crippen LogP contribution is 2.80. The molecule has 6 heteroatoms. The Morgan fingerprint density at radius 2 is 1.40 bits per heavy atom. The predicted octanol–water partition coefficient (Wildman–Crippen LogP) is 8.20. The highest BCUT2D eigenvalue weighted by atomic mass is 16.6. The SMILES string of the molecule is CO[C@@H]1CC[C@@]2(C)[C@@H](CC[C@@]3(C)C[C@]45CC[C@H]6C(C)(C)[C@H](OC(=O)CC(C)(C)C(=O)O)CC[C@]6(C)[C@@]4(CC[C@@H]32)O5)C1(C)C. The number of carboxylic acid groups (broad SMARTS) is 1. The summed E-state index contributed by atoms with van der Waals surface area (Å²) in [7, 11) is 1.91. The molecule has 43 heavy (non-hydrogen) atoms. The lowest BCUT2D eigenvalue weighted by Gasteiger charge is -2.64. The Hall–Kier alpha value is -1.14. The highest BCUT2D eigenvalue weighted by molar-refractivity contribution is 5.81. The summed E-state index contributed by atoms with van der Waals surface area (Å²) in [5, 5.41) is 9.55. The zero-order valence-corrected chi connectivity index (χ0v) is 28.9. The zero-order chi connectivity index (χ0) is 31.6. The number of carboxylic acids is 1. The molecule has 0 radical (unpaired) electrons. The van der Waals surface area contributed by atoms with E-state index in [0.717, 1.165) is 38.5 Å². The summed E-state index contributed by atoms with van der Waals surface area (Å²) in [6.07, 6.45) is 12.6. The normalized spacial score (nSPS) is 49.6. The second-order valence-electron chi connectivity index (χ2n) is 18.7. The third-order valence-electron chi connectivity index (χ3n) is 15.6. The molecule has 0 unspecified atom stereocenters. The Bertz CT molecular complexity index is 1170. The maximum Gasteiger partial charge on any atom is 0.309 e. The van der Waals surface area contributed by atoms with E-state index < -0.39 is 11.4 Å². The van der Waals surface area contributed by atoms with Crippen LogP contribution in [0.3, 0.4) is 0 Å². The number of carbonyl (C=O) groups is 2. The monoisotopic (exact) mass is 600 g/mol. The molecule has 6 fully saturated rings. The van der Waals surface area contributed by atoms with Crippen molar-refractivity contribution in [1.82, 2.24) is 0 Å². The van der Waals surface area contributed by atoms with E-state index in [2.05, 4.69) is 48.5 Å². The third-order valence-corrected chi connectivity index (χ3v) is 15.6.